The van der Waals surface area contributed by atoms with Crippen LogP contribution in [-0.2, 0) is 0 Å². The predicted octanol–water partition coefficient (Wildman–Crippen LogP) is 7.00. The fourth-order valence-electron chi connectivity index (χ4n) is 3.75. The number of rotatable bonds is 5. The molecule has 0 unspecified atom stereocenters. The Morgan fingerprint density at radius 2 is 1.65 bits per heavy atom. The molecule has 0 saturated carbocycles. The van der Waals surface area contributed by atoms with Crippen molar-refractivity contribution in [3.8, 4) is 17.1 Å². The molecule has 0 bridgehead atoms. The van der Waals surface area contributed by atoms with Gasteiger partial charge in [-0.25, -0.2) is 9.78 Å². The van der Waals surface area contributed by atoms with Gasteiger partial charge in [-0.15, -0.1) is 0 Å². The number of nitrogens with zero attached hydrogens (tertiary/aromatic N) is 3. The fraction of sp³-hybridized carbons (Fsp3) is 0.0345. The van der Waals surface area contributed by atoms with Gasteiger partial charge in [0.25, 0.3) is 5.56 Å². The maximum atomic E-state index is 13.5. The van der Waals surface area contributed by atoms with E-state index in [1.165, 1.54) is 10.9 Å². The summed E-state index contributed by atoms with van der Waals surface area (Å²) in [6.07, 6.45) is 1.48. The van der Waals surface area contributed by atoms with E-state index in [-0.39, 0.29) is 11.3 Å². The van der Waals surface area contributed by atoms with Gasteiger partial charge in [0.1, 0.15) is 0 Å². The van der Waals surface area contributed by atoms with E-state index in [2.05, 4.69) is 37.0 Å². The summed E-state index contributed by atoms with van der Waals surface area (Å²) in [7, 11) is 0. The number of halogens is 2. The third kappa shape index (κ3) is 5.30. The van der Waals surface area contributed by atoms with Crippen LogP contribution in [0.15, 0.2) is 110 Å². The van der Waals surface area contributed by atoms with Crippen molar-refractivity contribution >= 4 is 54.9 Å². The molecule has 1 aromatic heterocycles. The number of carbonyl (C=O) groups excluding carboxylic acids is 1. The highest BCUT2D eigenvalue weighted by Gasteiger charge is 2.17. The van der Waals surface area contributed by atoms with E-state index in [4.69, 9.17) is 9.72 Å². The third-order valence-electron chi connectivity index (χ3n) is 5.62. The average molecular weight is 617 g/mol. The van der Waals surface area contributed by atoms with Gasteiger partial charge in [-0.1, -0.05) is 76.1 Å². The van der Waals surface area contributed by atoms with E-state index < -0.39 is 5.97 Å². The van der Waals surface area contributed by atoms with Crippen LogP contribution < -0.4 is 10.3 Å². The monoisotopic (exact) mass is 615 g/mol. The van der Waals surface area contributed by atoms with E-state index in [1.807, 2.05) is 55.5 Å². The highest BCUT2D eigenvalue weighted by Crippen LogP contribution is 2.33. The molecule has 182 valence electrons. The molecule has 6 nitrogen and oxygen atoms in total. The third-order valence-corrected chi connectivity index (χ3v) is 6.66. The minimum Gasteiger partial charge on any atom is -0.421 e. The number of ether oxygens (including phenoxy) is 1. The number of hydrogen-bond donors (Lipinski definition) is 0. The lowest BCUT2D eigenvalue weighted by Gasteiger charge is -2.12. The number of aromatic nitrogens is 2. The second-order valence-corrected chi connectivity index (χ2v) is 10.0. The molecule has 0 radical (unpaired) electrons. The zero-order valence-corrected chi connectivity index (χ0v) is 22.7. The van der Waals surface area contributed by atoms with Crippen molar-refractivity contribution in [1.29, 1.82) is 0 Å². The molecule has 0 aliphatic carbocycles. The largest absolute Gasteiger partial charge is 0.421 e. The Kier molecular flexibility index (Phi) is 7.12. The number of esters is 1. The Hall–Kier alpha value is -3.88. The highest BCUT2D eigenvalue weighted by atomic mass is 79.9. The van der Waals surface area contributed by atoms with Crippen LogP contribution in [-0.4, -0.2) is 21.8 Å². The molecule has 4 aromatic carbocycles. The zero-order chi connectivity index (χ0) is 25.9. The predicted molar refractivity (Wildman–Crippen MR) is 152 cm³/mol. The Morgan fingerprint density at radius 3 is 2.41 bits per heavy atom. The summed E-state index contributed by atoms with van der Waals surface area (Å²) in [5.41, 5.74) is 2.95. The molecule has 0 N–H and O–H groups in total. The van der Waals surface area contributed by atoms with Gasteiger partial charge in [0.2, 0.25) is 0 Å². The molecule has 5 aromatic rings. The van der Waals surface area contributed by atoms with Crippen LogP contribution in [0.3, 0.4) is 0 Å². The van der Waals surface area contributed by atoms with Crippen LogP contribution in [0.4, 0.5) is 0 Å². The Balaban J connectivity index is 1.61. The molecular formula is C29H19Br2N3O3. The summed E-state index contributed by atoms with van der Waals surface area (Å²) >= 11 is 6.96. The molecule has 0 saturated heterocycles. The van der Waals surface area contributed by atoms with Crippen molar-refractivity contribution in [3.63, 3.8) is 0 Å². The van der Waals surface area contributed by atoms with Crippen molar-refractivity contribution in [2.75, 3.05) is 0 Å². The quantitative estimate of drug-likeness (QED) is 0.121. The minimum absolute atomic E-state index is 0.278. The molecule has 0 fully saturated rings. The number of para-hydroxylation sites is 1. The fourth-order valence-corrected chi connectivity index (χ4v) is 5.09. The van der Waals surface area contributed by atoms with Gasteiger partial charge in [0, 0.05) is 15.6 Å². The summed E-state index contributed by atoms with van der Waals surface area (Å²) in [5.74, 6) is 0.167. The summed E-state index contributed by atoms with van der Waals surface area (Å²) in [4.78, 5) is 31.0. The highest BCUT2D eigenvalue weighted by molar-refractivity contribution is 9.11. The van der Waals surface area contributed by atoms with E-state index in [9.17, 15) is 9.59 Å². The van der Waals surface area contributed by atoms with Gasteiger partial charge in [-0.05, 0) is 59.3 Å². The second-order valence-electron chi connectivity index (χ2n) is 8.24. The van der Waals surface area contributed by atoms with Crippen molar-refractivity contribution in [1.82, 2.24) is 9.66 Å². The van der Waals surface area contributed by atoms with Crippen molar-refractivity contribution in [3.05, 3.63) is 127 Å². The topological polar surface area (TPSA) is 73.5 Å². The second kappa shape index (κ2) is 10.6. The first kappa shape index (κ1) is 24.8. The van der Waals surface area contributed by atoms with Gasteiger partial charge < -0.3 is 4.74 Å². The first-order valence-electron chi connectivity index (χ1n) is 11.3. The first-order valence-corrected chi connectivity index (χ1v) is 12.9. The van der Waals surface area contributed by atoms with Crippen LogP contribution in [0, 0.1) is 6.92 Å². The van der Waals surface area contributed by atoms with E-state index >= 15 is 0 Å². The number of aryl methyl sites for hydroxylation is 1. The SMILES string of the molecule is Cc1ccc(C(=O)Oc2c(Br)cc(Br)cc2C=Nn2c(-c3ccccc3)nc3ccccc3c2=O)cc1. The van der Waals surface area contributed by atoms with Gasteiger partial charge in [-0.3, -0.25) is 4.79 Å². The van der Waals surface area contributed by atoms with Crippen molar-refractivity contribution < 1.29 is 9.53 Å². The standard InChI is InChI=1S/C29H19Br2N3O3/c1-18-11-13-20(14-12-18)29(36)37-26-21(15-22(30)16-24(26)31)17-32-34-27(19-7-3-2-4-8-19)33-25-10-6-5-9-23(25)28(34)35/h2-17H,1H3. The van der Waals surface area contributed by atoms with Gasteiger partial charge in [0.05, 0.1) is 27.2 Å². The number of hydrogen-bond acceptors (Lipinski definition) is 5. The van der Waals surface area contributed by atoms with Crippen molar-refractivity contribution in [2.45, 2.75) is 6.92 Å². The van der Waals surface area contributed by atoms with Gasteiger partial charge >= 0.3 is 5.97 Å². The zero-order valence-electron chi connectivity index (χ0n) is 19.6. The average Bonchev–Trinajstić information content (AvgIpc) is 2.90. The van der Waals surface area contributed by atoms with Gasteiger partial charge in [0.15, 0.2) is 11.6 Å². The Labute approximate surface area is 229 Å². The lowest BCUT2D eigenvalue weighted by molar-refractivity contribution is 0.0733. The van der Waals surface area contributed by atoms with E-state index in [0.29, 0.717) is 32.3 Å². The van der Waals surface area contributed by atoms with Crippen LogP contribution in [0.1, 0.15) is 21.5 Å². The Bertz CT molecular complexity index is 1710. The molecule has 0 amide bonds. The molecule has 37 heavy (non-hydrogen) atoms. The van der Waals surface area contributed by atoms with Crippen LogP contribution in [0.5, 0.6) is 5.75 Å². The van der Waals surface area contributed by atoms with Crippen LogP contribution >= 0.6 is 31.9 Å². The summed E-state index contributed by atoms with van der Waals surface area (Å²) < 4.78 is 8.31. The Morgan fingerprint density at radius 1 is 0.946 bits per heavy atom. The smallest absolute Gasteiger partial charge is 0.343 e. The molecule has 0 aliphatic heterocycles. The van der Waals surface area contributed by atoms with Crippen LogP contribution in [0.2, 0.25) is 0 Å². The molecule has 5 rings (SSSR count). The maximum Gasteiger partial charge on any atom is 0.343 e. The maximum absolute atomic E-state index is 13.5. The first-order chi connectivity index (χ1) is 17.9. The normalized spacial score (nSPS) is 11.2. The molecule has 8 heteroatoms. The molecule has 0 atom stereocenters. The molecule has 1 heterocycles. The van der Waals surface area contributed by atoms with Gasteiger partial charge in [-0.2, -0.15) is 9.78 Å². The lowest BCUT2D eigenvalue weighted by atomic mass is 10.1. The summed E-state index contributed by atoms with van der Waals surface area (Å²) in [6, 6.07) is 27.2. The van der Waals surface area contributed by atoms with Crippen molar-refractivity contribution in [2.24, 2.45) is 5.10 Å². The lowest BCUT2D eigenvalue weighted by Crippen LogP contribution is -2.20. The minimum atomic E-state index is -0.507. The van der Waals surface area contributed by atoms with E-state index in [1.54, 1.807) is 42.5 Å². The summed E-state index contributed by atoms with van der Waals surface area (Å²) in [5, 5.41) is 4.97. The van der Waals surface area contributed by atoms with Crippen LogP contribution in [0.25, 0.3) is 22.3 Å². The van der Waals surface area contributed by atoms with E-state index in [0.717, 1.165) is 15.6 Å². The molecule has 0 spiro atoms. The number of benzene rings is 4. The number of fused-ring (bicyclic) bond motifs is 1. The molecular weight excluding hydrogens is 598 g/mol. The summed E-state index contributed by atoms with van der Waals surface area (Å²) in [6.45, 7) is 1.95. The number of carbonyl (C=O) groups is 1. The molecule has 0 aliphatic rings.